The molecule has 1 aromatic carbocycles. The Morgan fingerprint density at radius 3 is 2.59 bits per heavy atom. The number of likely N-dealkylation sites (tertiary alicyclic amines) is 1. The van der Waals surface area contributed by atoms with Gasteiger partial charge in [0.05, 0.1) is 12.4 Å². The number of fused-ring (bicyclic) bond motifs is 1. The number of rotatable bonds is 7. The fraction of sp³-hybridized carbons (Fsp3) is 0.739. The molecule has 3 aliphatic rings. The normalized spacial score (nSPS) is 26.2. The number of ether oxygens (including phenoxy) is 1. The molecule has 2 aliphatic heterocycles. The highest BCUT2D eigenvalue weighted by Crippen LogP contribution is 2.37. The molecular weight excluding hydrogens is 384 g/mol. The van der Waals surface area contributed by atoms with Crippen molar-refractivity contribution in [1.29, 1.82) is 0 Å². The van der Waals surface area contributed by atoms with E-state index in [4.69, 9.17) is 4.74 Å². The molecule has 1 aromatic rings. The van der Waals surface area contributed by atoms with Gasteiger partial charge in [-0.1, -0.05) is 12.1 Å². The number of hydrogen-bond acceptors (Lipinski definition) is 4. The van der Waals surface area contributed by atoms with E-state index in [9.17, 15) is 8.42 Å². The van der Waals surface area contributed by atoms with E-state index in [0.717, 1.165) is 50.4 Å². The fourth-order valence-corrected chi connectivity index (χ4v) is 6.28. The van der Waals surface area contributed by atoms with Gasteiger partial charge < -0.3 is 9.64 Å². The molecule has 1 aliphatic carbocycles. The van der Waals surface area contributed by atoms with Crippen molar-refractivity contribution in [2.45, 2.75) is 70.3 Å². The second-order valence-electron chi connectivity index (χ2n) is 9.07. The molecule has 2 fully saturated rings. The molecule has 0 amide bonds. The molecule has 0 bridgehead atoms. The van der Waals surface area contributed by atoms with Gasteiger partial charge in [0.25, 0.3) is 0 Å². The van der Waals surface area contributed by atoms with Gasteiger partial charge in [0.2, 0.25) is 10.0 Å². The summed E-state index contributed by atoms with van der Waals surface area (Å²) in [6.45, 7) is 6.13. The van der Waals surface area contributed by atoms with Crippen LogP contribution in [0.4, 0.5) is 0 Å². The molecule has 5 nitrogen and oxygen atoms in total. The van der Waals surface area contributed by atoms with Crippen molar-refractivity contribution in [3.8, 4) is 5.75 Å². The Morgan fingerprint density at radius 1 is 1.10 bits per heavy atom. The third-order valence-corrected chi connectivity index (χ3v) is 8.69. The average Bonchev–Trinajstić information content (AvgIpc) is 3.22. The van der Waals surface area contributed by atoms with E-state index in [2.05, 4.69) is 27.8 Å². The third kappa shape index (κ3) is 5.33. The Balaban J connectivity index is 1.18. The van der Waals surface area contributed by atoms with Crippen molar-refractivity contribution in [3.05, 3.63) is 29.3 Å². The summed E-state index contributed by atoms with van der Waals surface area (Å²) in [6.07, 6.45) is 9.13. The van der Waals surface area contributed by atoms with E-state index in [-0.39, 0.29) is 11.8 Å². The zero-order valence-electron chi connectivity index (χ0n) is 17.7. The highest BCUT2D eigenvalue weighted by atomic mass is 32.2. The summed E-state index contributed by atoms with van der Waals surface area (Å²) in [5, 5.41) is 0. The molecule has 1 saturated heterocycles. The lowest BCUT2D eigenvalue weighted by molar-refractivity contribution is 0.185. The number of piperidine rings is 1. The molecule has 1 N–H and O–H groups in total. The summed E-state index contributed by atoms with van der Waals surface area (Å²) >= 11 is 0. The lowest BCUT2D eigenvalue weighted by Crippen LogP contribution is -2.39. The Morgan fingerprint density at radius 2 is 1.86 bits per heavy atom. The van der Waals surface area contributed by atoms with Gasteiger partial charge in [-0.3, -0.25) is 0 Å². The molecule has 0 radical (unpaired) electrons. The van der Waals surface area contributed by atoms with E-state index in [1.165, 1.54) is 50.0 Å². The topological polar surface area (TPSA) is 58.6 Å². The first-order valence-electron chi connectivity index (χ1n) is 11.5. The Bertz CT molecular complexity index is 779. The minimum absolute atomic E-state index is 0.156. The predicted molar refractivity (Wildman–Crippen MR) is 117 cm³/mol. The first-order chi connectivity index (χ1) is 14.0. The quantitative estimate of drug-likeness (QED) is 0.731. The van der Waals surface area contributed by atoms with Crippen molar-refractivity contribution in [2.24, 2.45) is 5.92 Å². The maximum atomic E-state index is 11.7. The van der Waals surface area contributed by atoms with Gasteiger partial charge in [0, 0.05) is 18.0 Å². The van der Waals surface area contributed by atoms with Crippen LogP contribution in [0.25, 0.3) is 0 Å². The van der Waals surface area contributed by atoms with Crippen molar-refractivity contribution < 1.29 is 13.2 Å². The molecule has 162 valence electrons. The van der Waals surface area contributed by atoms with E-state index >= 15 is 0 Å². The van der Waals surface area contributed by atoms with E-state index < -0.39 is 10.0 Å². The van der Waals surface area contributed by atoms with Crippen molar-refractivity contribution >= 4 is 10.0 Å². The standard InChI is InChI=1S/C23H36N2O3S/c1-2-29(26,27)24-20-8-6-18(7-9-20)10-14-25-15-11-19(12-16-25)21-4-3-5-23-22(21)13-17-28-23/h3-5,18-20,24H,2,6-17H2,1H3. The molecule has 4 rings (SSSR count). The zero-order chi connectivity index (χ0) is 20.3. The molecule has 0 aromatic heterocycles. The van der Waals surface area contributed by atoms with Crippen LogP contribution < -0.4 is 9.46 Å². The van der Waals surface area contributed by atoms with Gasteiger partial charge in [-0.15, -0.1) is 0 Å². The van der Waals surface area contributed by atoms with Crippen molar-refractivity contribution in [3.63, 3.8) is 0 Å². The van der Waals surface area contributed by atoms with E-state index in [1.54, 1.807) is 6.92 Å². The zero-order valence-corrected chi connectivity index (χ0v) is 18.6. The minimum Gasteiger partial charge on any atom is -0.493 e. The Kier molecular flexibility index (Phi) is 6.82. The molecule has 29 heavy (non-hydrogen) atoms. The maximum absolute atomic E-state index is 11.7. The van der Waals surface area contributed by atoms with Crippen LogP contribution in [0.3, 0.4) is 0 Å². The second-order valence-corrected chi connectivity index (χ2v) is 11.1. The van der Waals surface area contributed by atoms with Crippen LogP contribution in [-0.4, -0.2) is 51.4 Å². The van der Waals surface area contributed by atoms with Crippen LogP contribution in [-0.2, 0) is 16.4 Å². The highest BCUT2D eigenvalue weighted by molar-refractivity contribution is 7.89. The second kappa shape index (κ2) is 9.36. The largest absolute Gasteiger partial charge is 0.493 e. The molecule has 2 heterocycles. The summed E-state index contributed by atoms with van der Waals surface area (Å²) in [7, 11) is -3.06. The lowest BCUT2D eigenvalue weighted by Gasteiger charge is -2.35. The molecule has 0 spiro atoms. The maximum Gasteiger partial charge on any atom is 0.211 e. The van der Waals surface area contributed by atoms with Gasteiger partial charge in [-0.25, -0.2) is 13.1 Å². The summed E-state index contributed by atoms with van der Waals surface area (Å²) in [4.78, 5) is 2.64. The lowest BCUT2D eigenvalue weighted by atomic mass is 9.83. The summed E-state index contributed by atoms with van der Waals surface area (Å²) in [5.74, 6) is 2.73. The first-order valence-corrected chi connectivity index (χ1v) is 13.2. The van der Waals surface area contributed by atoms with Gasteiger partial charge in [0.15, 0.2) is 0 Å². The summed E-state index contributed by atoms with van der Waals surface area (Å²) in [6, 6.07) is 6.74. The first kappa shape index (κ1) is 21.1. The van der Waals surface area contributed by atoms with Crippen LogP contribution in [0.15, 0.2) is 18.2 Å². The molecule has 0 unspecified atom stereocenters. The van der Waals surface area contributed by atoms with Crippen LogP contribution in [0.5, 0.6) is 5.75 Å². The molecule has 0 atom stereocenters. The Hall–Kier alpha value is -1.11. The van der Waals surface area contributed by atoms with Gasteiger partial charge in [-0.2, -0.15) is 0 Å². The number of hydrogen-bond donors (Lipinski definition) is 1. The monoisotopic (exact) mass is 420 g/mol. The van der Waals surface area contributed by atoms with Gasteiger partial charge in [-0.05, 0) is 95.0 Å². The average molecular weight is 421 g/mol. The third-order valence-electron chi connectivity index (χ3n) is 7.23. The molecule has 1 saturated carbocycles. The number of sulfonamides is 1. The van der Waals surface area contributed by atoms with Crippen LogP contribution in [0, 0.1) is 5.92 Å². The molecular formula is C23H36N2O3S. The number of benzene rings is 1. The van der Waals surface area contributed by atoms with Crippen LogP contribution in [0.1, 0.15) is 68.9 Å². The van der Waals surface area contributed by atoms with Crippen LogP contribution in [0.2, 0.25) is 0 Å². The Labute approximate surface area is 176 Å². The van der Waals surface area contributed by atoms with Crippen LogP contribution >= 0.6 is 0 Å². The SMILES string of the molecule is CCS(=O)(=O)NC1CCC(CCN2CCC(c3cccc4c3CCO4)CC2)CC1. The minimum atomic E-state index is -3.06. The highest BCUT2D eigenvalue weighted by Gasteiger charge is 2.27. The van der Waals surface area contributed by atoms with Gasteiger partial charge in [0.1, 0.15) is 5.75 Å². The number of nitrogens with one attached hydrogen (secondary N) is 1. The summed E-state index contributed by atoms with van der Waals surface area (Å²) in [5.41, 5.74) is 2.99. The predicted octanol–water partition coefficient (Wildman–Crippen LogP) is 3.69. The smallest absolute Gasteiger partial charge is 0.211 e. The van der Waals surface area contributed by atoms with E-state index in [0.29, 0.717) is 5.92 Å². The van der Waals surface area contributed by atoms with Crippen molar-refractivity contribution in [1.82, 2.24) is 9.62 Å². The molecule has 6 heteroatoms. The fourth-order valence-electron chi connectivity index (χ4n) is 5.37. The van der Waals surface area contributed by atoms with E-state index in [1.807, 2.05) is 0 Å². The van der Waals surface area contributed by atoms with Gasteiger partial charge >= 0.3 is 0 Å². The summed E-state index contributed by atoms with van der Waals surface area (Å²) < 4.78 is 32.1. The van der Waals surface area contributed by atoms with Crippen molar-refractivity contribution in [2.75, 3.05) is 32.0 Å². The number of nitrogens with zero attached hydrogens (tertiary/aromatic N) is 1.